The van der Waals surface area contributed by atoms with Gasteiger partial charge in [-0.25, -0.2) is 0 Å². The number of rotatable bonds is 6. The Labute approximate surface area is 158 Å². The third kappa shape index (κ3) is 6.78. The van der Waals surface area contributed by atoms with Gasteiger partial charge >= 0.3 is 0 Å². The highest BCUT2D eigenvalue weighted by Crippen LogP contribution is 2.20. The Kier molecular flexibility index (Phi) is 7.44. The van der Waals surface area contributed by atoms with E-state index in [1.54, 1.807) is 18.2 Å². The van der Waals surface area contributed by atoms with Gasteiger partial charge in [-0.15, -0.1) is 0 Å². The van der Waals surface area contributed by atoms with Crippen molar-refractivity contribution in [2.45, 2.75) is 33.2 Å². The van der Waals surface area contributed by atoms with E-state index in [2.05, 4.69) is 45.3 Å². The summed E-state index contributed by atoms with van der Waals surface area (Å²) in [5.74, 6) is 1.00. The predicted octanol–water partition coefficient (Wildman–Crippen LogP) is 2.66. The Hall–Kier alpha value is -1.40. The second-order valence-corrected chi connectivity index (χ2v) is 8.24. The van der Waals surface area contributed by atoms with Crippen LogP contribution in [0.1, 0.15) is 37.6 Å². The van der Waals surface area contributed by atoms with Crippen molar-refractivity contribution in [2.24, 2.45) is 11.8 Å². The van der Waals surface area contributed by atoms with E-state index in [1.165, 1.54) is 6.42 Å². The number of hydrogen-bond donors (Lipinski definition) is 2. The first-order chi connectivity index (χ1) is 11.8. The molecule has 1 aromatic rings. The number of piperidine rings is 1. The monoisotopic (exact) mass is 409 g/mol. The van der Waals surface area contributed by atoms with Crippen molar-refractivity contribution in [3.05, 3.63) is 34.3 Å². The number of benzene rings is 1. The molecule has 25 heavy (non-hydrogen) atoms. The Morgan fingerprint density at radius 3 is 2.60 bits per heavy atom. The maximum absolute atomic E-state index is 12.1. The van der Waals surface area contributed by atoms with Gasteiger partial charge in [0.25, 0.3) is 5.91 Å². The van der Waals surface area contributed by atoms with Gasteiger partial charge in [-0.3, -0.25) is 9.59 Å². The molecule has 1 aromatic carbocycles. The highest BCUT2D eigenvalue weighted by atomic mass is 79.9. The molecule has 0 aliphatic carbocycles. The van der Waals surface area contributed by atoms with Crippen LogP contribution in [-0.2, 0) is 4.79 Å². The molecular weight excluding hydrogens is 382 g/mol. The molecule has 0 aromatic heterocycles. The third-order valence-electron chi connectivity index (χ3n) is 4.38. The SMILES string of the molecule is CC1CC(C)CN(CC(C)NC(=O)CNC(=O)c2cccc(Br)c2)C1. The second kappa shape index (κ2) is 9.34. The van der Waals surface area contributed by atoms with E-state index in [9.17, 15) is 9.59 Å². The van der Waals surface area contributed by atoms with Gasteiger partial charge in [0, 0.05) is 35.7 Å². The number of likely N-dealkylation sites (tertiary alicyclic amines) is 1. The predicted molar refractivity (Wildman–Crippen MR) is 103 cm³/mol. The molecule has 1 heterocycles. The Bertz CT molecular complexity index is 598. The van der Waals surface area contributed by atoms with Crippen LogP contribution in [0.3, 0.4) is 0 Å². The fourth-order valence-corrected chi connectivity index (χ4v) is 3.99. The summed E-state index contributed by atoms with van der Waals surface area (Å²) in [5, 5.41) is 5.63. The first kappa shape index (κ1) is 19.9. The van der Waals surface area contributed by atoms with E-state index in [4.69, 9.17) is 0 Å². The van der Waals surface area contributed by atoms with Crippen LogP contribution in [0.4, 0.5) is 0 Å². The van der Waals surface area contributed by atoms with Crippen LogP contribution >= 0.6 is 15.9 Å². The molecular formula is C19H28BrN3O2. The van der Waals surface area contributed by atoms with Crippen molar-refractivity contribution in [3.63, 3.8) is 0 Å². The highest BCUT2D eigenvalue weighted by molar-refractivity contribution is 9.10. The standard InChI is InChI=1S/C19H28BrN3O2/c1-13-7-14(2)11-23(10-13)12-15(3)22-18(24)9-21-19(25)16-5-4-6-17(20)8-16/h4-6,8,13-15H,7,9-12H2,1-3H3,(H,21,25)(H,22,24). The minimum Gasteiger partial charge on any atom is -0.351 e. The van der Waals surface area contributed by atoms with Crippen LogP contribution in [0.25, 0.3) is 0 Å². The first-order valence-corrected chi connectivity index (χ1v) is 9.68. The molecule has 1 fully saturated rings. The van der Waals surface area contributed by atoms with Crippen molar-refractivity contribution >= 4 is 27.7 Å². The molecule has 0 radical (unpaired) electrons. The minimum absolute atomic E-state index is 0.0114. The zero-order valence-electron chi connectivity index (χ0n) is 15.2. The topological polar surface area (TPSA) is 61.4 Å². The number of carbonyl (C=O) groups is 2. The molecule has 0 saturated carbocycles. The molecule has 5 nitrogen and oxygen atoms in total. The minimum atomic E-state index is -0.247. The van der Waals surface area contributed by atoms with Crippen LogP contribution in [0.2, 0.25) is 0 Å². The van der Waals surface area contributed by atoms with Gasteiger partial charge in [0.05, 0.1) is 6.54 Å². The molecule has 2 rings (SSSR count). The van der Waals surface area contributed by atoms with Crippen LogP contribution in [0.5, 0.6) is 0 Å². The summed E-state index contributed by atoms with van der Waals surface area (Å²) in [6.07, 6.45) is 1.28. The van der Waals surface area contributed by atoms with Crippen molar-refractivity contribution in [3.8, 4) is 0 Å². The number of nitrogens with one attached hydrogen (secondary N) is 2. The smallest absolute Gasteiger partial charge is 0.251 e. The maximum atomic E-state index is 12.1. The maximum Gasteiger partial charge on any atom is 0.251 e. The average molecular weight is 410 g/mol. The van der Waals surface area contributed by atoms with Gasteiger partial charge in [0.1, 0.15) is 0 Å². The number of nitrogens with zero attached hydrogens (tertiary/aromatic N) is 1. The van der Waals surface area contributed by atoms with E-state index in [-0.39, 0.29) is 24.4 Å². The molecule has 2 N–H and O–H groups in total. The largest absolute Gasteiger partial charge is 0.351 e. The number of carbonyl (C=O) groups excluding carboxylic acids is 2. The summed E-state index contributed by atoms with van der Waals surface area (Å²) in [6, 6.07) is 7.16. The summed E-state index contributed by atoms with van der Waals surface area (Å²) in [5.41, 5.74) is 0.534. The van der Waals surface area contributed by atoms with Crippen molar-refractivity contribution in [2.75, 3.05) is 26.2 Å². The zero-order chi connectivity index (χ0) is 18.4. The zero-order valence-corrected chi connectivity index (χ0v) is 16.8. The molecule has 3 unspecified atom stereocenters. The lowest BCUT2D eigenvalue weighted by atomic mass is 9.92. The van der Waals surface area contributed by atoms with Crippen molar-refractivity contribution in [1.29, 1.82) is 0 Å². The Morgan fingerprint density at radius 1 is 1.28 bits per heavy atom. The molecule has 0 bridgehead atoms. The lowest BCUT2D eigenvalue weighted by Gasteiger charge is -2.36. The lowest BCUT2D eigenvalue weighted by Crippen LogP contribution is -2.48. The molecule has 2 amide bonds. The summed E-state index contributed by atoms with van der Waals surface area (Å²) in [4.78, 5) is 26.5. The van der Waals surface area contributed by atoms with Gasteiger partial charge in [-0.05, 0) is 43.4 Å². The third-order valence-corrected chi connectivity index (χ3v) is 4.87. The van der Waals surface area contributed by atoms with E-state index in [1.807, 2.05) is 13.0 Å². The summed E-state index contributed by atoms with van der Waals surface area (Å²) < 4.78 is 0.836. The van der Waals surface area contributed by atoms with E-state index < -0.39 is 0 Å². The van der Waals surface area contributed by atoms with Gasteiger partial charge in [0.15, 0.2) is 0 Å². The normalized spacial score (nSPS) is 22.2. The number of amides is 2. The van der Waals surface area contributed by atoms with E-state index >= 15 is 0 Å². The molecule has 3 atom stereocenters. The molecule has 6 heteroatoms. The van der Waals surface area contributed by atoms with E-state index in [0.717, 1.165) is 24.1 Å². The van der Waals surface area contributed by atoms with Crippen molar-refractivity contribution < 1.29 is 9.59 Å². The molecule has 138 valence electrons. The number of hydrogen-bond acceptors (Lipinski definition) is 3. The van der Waals surface area contributed by atoms with Gasteiger partial charge in [-0.2, -0.15) is 0 Å². The highest BCUT2D eigenvalue weighted by Gasteiger charge is 2.23. The molecule has 1 aliphatic heterocycles. The van der Waals surface area contributed by atoms with Crippen molar-refractivity contribution in [1.82, 2.24) is 15.5 Å². The van der Waals surface area contributed by atoms with E-state index in [0.29, 0.717) is 17.4 Å². The Morgan fingerprint density at radius 2 is 1.96 bits per heavy atom. The fraction of sp³-hybridized carbons (Fsp3) is 0.579. The Balaban J connectivity index is 1.73. The summed E-state index contributed by atoms with van der Waals surface area (Å²) in [6.45, 7) is 9.58. The van der Waals surface area contributed by atoms with Crippen LogP contribution in [0.15, 0.2) is 28.7 Å². The molecule has 0 spiro atoms. The number of halogens is 1. The lowest BCUT2D eigenvalue weighted by molar-refractivity contribution is -0.120. The first-order valence-electron chi connectivity index (χ1n) is 8.89. The average Bonchev–Trinajstić information content (AvgIpc) is 2.51. The molecule has 1 aliphatic rings. The fourth-order valence-electron chi connectivity index (χ4n) is 3.59. The van der Waals surface area contributed by atoms with Gasteiger partial charge in [-0.1, -0.05) is 35.8 Å². The van der Waals surface area contributed by atoms with Gasteiger partial charge < -0.3 is 15.5 Å². The summed E-state index contributed by atoms with van der Waals surface area (Å²) in [7, 11) is 0. The quantitative estimate of drug-likeness (QED) is 0.758. The summed E-state index contributed by atoms with van der Waals surface area (Å²) >= 11 is 3.33. The van der Waals surface area contributed by atoms with Gasteiger partial charge in [0.2, 0.25) is 5.91 Å². The van der Waals surface area contributed by atoms with Crippen LogP contribution < -0.4 is 10.6 Å². The molecule has 1 saturated heterocycles. The second-order valence-electron chi connectivity index (χ2n) is 7.33. The van der Waals surface area contributed by atoms with Crippen LogP contribution in [-0.4, -0.2) is 48.9 Å². The van der Waals surface area contributed by atoms with Crippen LogP contribution in [0, 0.1) is 11.8 Å².